The molecule has 0 bridgehead atoms. The van der Waals surface area contributed by atoms with Gasteiger partial charge in [0.25, 0.3) is 5.89 Å². The van der Waals surface area contributed by atoms with E-state index in [1.54, 1.807) is 36.7 Å². The Hall–Kier alpha value is -2.58. The lowest BCUT2D eigenvalue weighted by Gasteiger charge is -1.98. The molecular weight excluding hydrogens is 292 g/mol. The van der Waals surface area contributed by atoms with Crippen molar-refractivity contribution in [1.82, 2.24) is 15.1 Å². The van der Waals surface area contributed by atoms with E-state index in [1.165, 1.54) is 12.1 Å². The molecule has 0 aliphatic heterocycles. The second-order valence-corrected chi connectivity index (χ2v) is 5.79. The largest absolute Gasteiger partial charge is 0.334 e. The second kappa shape index (κ2) is 5.08. The van der Waals surface area contributed by atoms with Gasteiger partial charge in [-0.2, -0.15) is 4.98 Å². The predicted molar refractivity (Wildman–Crippen MR) is 74.3 cm³/mol. The Bertz CT molecular complexity index is 858. The molecule has 3 aromatic rings. The monoisotopic (exact) mass is 302 g/mol. The lowest BCUT2D eigenvalue weighted by atomic mass is 10.2. The molecule has 0 spiro atoms. The zero-order chi connectivity index (χ0) is 14.9. The summed E-state index contributed by atoms with van der Waals surface area (Å²) in [4.78, 5) is 8.20. The summed E-state index contributed by atoms with van der Waals surface area (Å²) in [5.74, 6) is 0.728. The van der Waals surface area contributed by atoms with Crippen LogP contribution in [-0.2, 0) is 10.0 Å². The number of aromatic nitrogens is 3. The summed E-state index contributed by atoms with van der Waals surface area (Å²) in [5, 5.41) is 8.92. The van der Waals surface area contributed by atoms with Crippen LogP contribution in [0.15, 0.2) is 58.2 Å². The minimum atomic E-state index is -3.71. The zero-order valence-electron chi connectivity index (χ0n) is 10.7. The van der Waals surface area contributed by atoms with Crippen molar-refractivity contribution >= 4 is 10.0 Å². The first-order valence-electron chi connectivity index (χ1n) is 5.91. The molecule has 2 aromatic heterocycles. The summed E-state index contributed by atoms with van der Waals surface area (Å²) in [6.45, 7) is 0. The van der Waals surface area contributed by atoms with Crippen molar-refractivity contribution < 1.29 is 12.9 Å². The van der Waals surface area contributed by atoms with E-state index in [0.717, 1.165) is 5.56 Å². The number of nitrogens with zero attached hydrogens (tertiary/aromatic N) is 3. The number of hydrogen-bond acceptors (Lipinski definition) is 6. The molecule has 0 saturated heterocycles. The Labute approximate surface area is 120 Å². The molecule has 2 N–H and O–H groups in total. The minimum Gasteiger partial charge on any atom is -0.334 e. The van der Waals surface area contributed by atoms with Crippen LogP contribution in [0.3, 0.4) is 0 Å². The van der Waals surface area contributed by atoms with Crippen LogP contribution in [0.5, 0.6) is 0 Å². The Morgan fingerprint density at radius 3 is 2.24 bits per heavy atom. The SMILES string of the molecule is NS(=O)(=O)c1ccc(-c2nc(-c3ccncc3)no2)cc1. The van der Waals surface area contributed by atoms with Gasteiger partial charge in [-0.15, -0.1) is 0 Å². The van der Waals surface area contributed by atoms with Gasteiger partial charge in [0.05, 0.1) is 4.90 Å². The third-order valence-electron chi connectivity index (χ3n) is 2.79. The summed E-state index contributed by atoms with van der Waals surface area (Å²) in [6, 6.07) is 9.42. The van der Waals surface area contributed by atoms with E-state index in [4.69, 9.17) is 9.66 Å². The van der Waals surface area contributed by atoms with Gasteiger partial charge in [0.15, 0.2) is 0 Å². The van der Waals surface area contributed by atoms with E-state index in [2.05, 4.69) is 15.1 Å². The summed E-state index contributed by atoms with van der Waals surface area (Å²) in [5.41, 5.74) is 1.39. The molecule has 1 aromatic carbocycles. The predicted octanol–water partition coefficient (Wildman–Crippen LogP) is 1.45. The summed E-state index contributed by atoms with van der Waals surface area (Å²) in [7, 11) is -3.71. The van der Waals surface area contributed by atoms with Crippen LogP contribution in [0.1, 0.15) is 0 Å². The zero-order valence-corrected chi connectivity index (χ0v) is 11.5. The fraction of sp³-hybridized carbons (Fsp3) is 0. The molecule has 0 radical (unpaired) electrons. The average Bonchev–Trinajstić information content (AvgIpc) is 2.97. The molecule has 106 valence electrons. The van der Waals surface area contributed by atoms with E-state index in [1.807, 2.05) is 0 Å². The highest BCUT2D eigenvalue weighted by molar-refractivity contribution is 7.89. The Morgan fingerprint density at radius 1 is 0.952 bits per heavy atom. The smallest absolute Gasteiger partial charge is 0.258 e. The molecule has 0 aliphatic rings. The normalized spacial score (nSPS) is 11.5. The van der Waals surface area contributed by atoms with Gasteiger partial charge in [0.1, 0.15) is 0 Å². The summed E-state index contributed by atoms with van der Waals surface area (Å²) in [6.07, 6.45) is 3.26. The van der Waals surface area contributed by atoms with Gasteiger partial charge >= 0.3 is 0 Å². The third kappa shape index (κ3) is 2.81. The maximum absolute atomic E-state index is 11.2. The molecule has 0 unspecified atom stereocenters. The second-order valence-electron chi connectivity index (χ2n) is 4.23. The fourth-order valence-corrected chi connectivity index (χ4v) is 2.26. The molecule has 3 rings (SSSR count). The average molecular weight is 302 g/mol. The van der Waals surface area contributed by atoms with Crippen LogP contribution in [0.2, 0.25) is 0 Å². The lowest BCUT2D eigenvalue weighted by Crippen LogP contribution is -2.11. The topological polar surface area (TPSA) is 112 Å². The maximum Gasteiger partial charge on any atom is 0.258 e. The van der Waals surface area contributed by atoms with Gasteiger partial charge in [0.2, 0.25) is 15.8 Å². The van der Waals surface area contributed by atoms with Crippen LogP contribution in [0.4, 0.5) is 0 Å². The minimum absolute atomic E-state index is 0.0279. The molecule has 0 saturated carbocycles. The van der Waals surface area contributed by atoms with Crippen molar-refractivity contribution in [2.75, 3.05) is 0 Å². The number of nitrogens with two attached hydrogens (primary N) is 1. The first-order chi connectivity index (χ1) is 10.0. The van der Waals surface area contributed by atoms with Crippen molar-refractivity contribution in [3.05, 3.63) is 48.8 Å². The first kappa shape index (κ1) is 13.4. The molecule has 21 heavy (non-hydrogen) atoms. The van der Waals surface area contributed by atoms with Crippen LogP contribution in [-0.4, -0.2) is 23.5 Å². The van der Waals surface area contributed by atoms with Crippen molar-refractivity contribution in [2.45, 2.75) is 4.90 Å². The van der Waals surface area contributed by atoms with Gasteiger partial charge in [-0.25, -0.2) is 13.6 Å². The summed E-state index contributed by atoms with van der Waals surface area (Å²) < 4.78 is 27.5. The molecule has 2 heterocycles. The number of benzene rings is 1. The Balaban J connectivity index is 1.94. The van der Waals surface area contributed by atoms with Crippen molar-refractivity contribution in [2.24, 2.45) is 5.14 Å². The van der Waals surface area contributed by atoms with Crippen LogP contribution < -0.4 is 5.14 Å². The van der Waals surface area contributed by atoms with E-state index in [0.29, 0.717) is 17.3 Å². The number of primary sulfonamides is 1. The number of sulfonamides is 1. The highest BCUT2D eigenvalue weighted by Crippen LogP contribution is 2.22. The van der Waals surface area contributed by atoms with E-state index in [9.17, 15) is 8.42 Å². The quantitative estimate of drug-likeness (QED) is 0.783. The highest BCUT2D eigenvalue weighted by atomic mass is 32.2. The molecule has 7 nitrogen and oxygen atoms in total. The maximum atomic E-state index is 11.2. The van der Waals surface area contributed by atoms with Crippen molar-refractivity contribution in [3.8, 4) is 22.8 Å². The standard InChI is InChI=1S/C13H10N4O3S/c14-21(18,19)11-3-1-10(2-4-11)13-16-12(17-20-13)9-5-7-15-8-6-9/h1-8H,(H2,14,18,19). The van der Waals surface area contributed by atoms with Crippen molar-refractivity contribution in [3.63, 3.8) is 0 Å². The number of hydrogen-bond donors (Lipinski definition) is 1. The Morgan fingerprint density at radius 2 is 1.62 bits per heavy atom. The van der Waals surface area contributed by atoms with E-state index in [-0.39, 0.29) is 4.90 Å². The van der Waals surface area contributed by atoms with E-state index < -0.39 is 10.0 Å². The van der Waals surface area contributed by atoms with Gasteiger partial charge in [-0.1, -0.05) is 5.16 Å². The van der Waals surface area contributed by atoms with Gasteiger partial charge < -0.3 is 4.52 Å². The van der Waals surface area contributed by atoms with Crippen LogP contribution in [0, 0.1) is 0 Å². The first-order valence-corrected chi connectivity index (χ1v) is 7.46. The number of rotatable bonds is 3. The molecule has 0 amide bonds. The Kier molecular flexibility index (Phi) is 3.24. The molecule has 0 atom stereocenters. The molecule has 0 aliphatic carbocycles. The highest BCUT2D eigenvalue weighted by Gasteiger charge is 2.12. The van der Waals surface area contributed by atoms with Gasteiger partial charge in [0, 0.05) is 23.5 Å². The molecular formula is C13H10N4O3S. The lowest BCUT2D eigenvalue weighted by molar-refractivity contribution is 0.432. The number of pyridine rings is 1. The van der Waals surface area contributed by atoms with Crippen LogP contribution >= 0.6 is 0 Å². The molecule has 0 fully saturated rings. The fourth-order valence-electron chi connectivity index (χ4n) is 1.75. The van der Waals surface area contributed by atoms with Gasteiger partial charge in [-0.3, -0.25) is 4.98 Å². The van der Waals surface area contributed by atoms with Crippen LogP contribution in [0.25, 0.3) is 22.8 Å². The van der Waals surface area contributed by atoms with E-state index >= 15 is 0 Å². The van der Waals surface area contributed by atoms with Crippen molar-refractivity contribution in [1.29, 1.82) is 0 Å². The van der Waals surface area contributed by atoms with Gasteiger partial charge in [-0.05, 0) is 36.4 Å². The third-order valence-corrected chi connectivity index (χ3v) is 3.72. The summed E-state index contributed by atoms with van der Waals surface area (Å²) >= 11 is 0. The molecule has 8 heteroatoms.